The van der Waals surface area contributed by atoms with Crippen molar-refractivity contribution in [1.82, 2.24) is 5.32 Å². The molecule has 6 nitrogen and oxygen atoms in total. The Kier molecular flexibility index (Phi) is 10.7. The van der Waals surface area contributed by atoms with Crippen molar-refractivity contribution in [2.45, 2.75) is 18.6 Å². The molecule has 0 aromatic rings. The normalized spacial score (nSPS) is 12.1. The molecule has 0 spiro atoms. The number of alkyl halides is 3. The van der Waals surface area contributed by atoms with Gasteiger partial charge in [-0.3, -0.25) is 4.79 Å². The molecule has 0 heterocycles. The van der Waals surface area contributed by atoms with Gasteiger partial charge < -0.3 is 21.3 Å². The van der Waals surface area contributed by atoms with Crippen LogP contribution in [0.25, 0.3) is 0 Å². The number of nitrogens with one attached hydrogen (secondary N) is 1. The summed E-state index contributed by atoms with van der Waals surface area (Å²) in [5.41, 5.74) is 5.45. The van der Waals surface area contributed by atoms with Crippen LogP contribution in [0.4, 0.5) is 13.2 Å². The molecule has 0 aliphatic rings. The third-order valence-corrected chi connectivity index (χ3v) is 2.11. The summed E-state index contributed by atoms with van der Waals surface area (Å²) in [6, 6.07) is -0.491. The number of carbonyl (C=O) groups excluding carboxylic acids is 1. The van der Waals surface area contributed by atoms with Crippen LogP contribution in [0.2, 0.25) is 0 Å². The molecule has 18 heavy (non-hydrogen) atoms. The molecule has 0 unspecified atom stereocenters. The van der Waals surface area contributed by atoms with Crippen LogP contribution >= 0.6 is 11.8 Å². The molecule has 10 heteroatoms. The average Bonchev–Trinajstić information content (AvgIpc) is 2.25. The molecule has 0 aliphatic heterocycles. The maximum absolute atomic E-state index is 10.8. The molecular formula is C8H15F3N2O4S. The Labute approximate surface area is 106 Å². The average molecular weight is 292 g/mol. The van der Waals surface area contributed by atoms with E-state index in [9.17, 15) is 18.0 Å². The lowest BCUT2D eigenvalue weighted by Crippen LogP contribution is -2.41. The predicted molar refractivity (Wildman–Crippen MR) is 59.9 cm³/mol. The molecule has 1 atom stereocenters. The standard InChI is InChI=1S/C6H14N2O2S.C2HF3O2/c1-11-3-2-5(7)6(10)8-4-9;3-2(4,5)1(6)7/h5,9H,2-4,7H2,1H3,(H,8,10);(H,6,7)/t5-;/m0./s1. The Hall–Kier alpha value is -1.00. The highest BCUT2D eigenvalue weighted by Crippen LogP contribution is 2.13. The van der Waals surface area contributed by atoms with Crippen molar-refractivity contribution in [3.8, 4) is 0 Å². The minimum atomic E-state index is -5.08. The van der Waals surface area contributed by atoms with Gasteiger partial charge in [-0.2, -0.15) is 24.9 Å². The van der Waals surface area contributed by atoms with Crippen LogP contribution in [0.5, 0.6) is 0 Å². The van der Waals surface area contributed by atoms with Gasteiger partial charge >= 0.3 is 12.1 Å². The molecule has 0 aliphatic carbocycles. The molecule has 0 rings (SSSR count). The lowest BCUT2D eigenvalue weighted by atomic mass is 10.2. The SMILES string of the molecule is CSCC[C@H](N)C(=O)NCO.O=C(O)C(F)(F)F. The van der Waals surface area contributed by atoms with E-state index in [1.54, 1.807) is 11.8 Å². The second-order valence-corrected chi connectivity index (χ2v) is 3.88. The zero-order valence-electron chi connectivity index (χ0n) is 9.53. The number of rotatable bonds is 5. The number of carboxylic acid groups (broad SMARTS) is 1. The van der Waals surface area contributed by atoms with E-state index in [0.717, 1.165) is 5.75 Å². The van der Waals surface area contributed by atoms with Crippen molar-refractivity contribution < 1.29 is 33.0 Å². The van der Waals surface area contributed by atoms with Crippen LogP contribution < -0.4 is 11.1 Å². The quantitative estimate of drug-likeness (QED) is 0.521. The number of hydrogen-bond acceptors (Lipinski definition) is 5. The Morgan fingerprint density at radius 1 is 1.44 bits per heavy atom. The molecule has 5 N–H and O–H groups in total. The van der Waals surface area contributed by atoms with Crippen molar-refractivity contribution in [3.05, 3.63) is 0 Å². The highest BCUT2D eigenvalue weighted by Gasteiger charge is 2.38. The number of hydrogen-bond donors (Lipinski definition) is 4. The number of amides is 1. The van der Waals surface area contributed by atoms with Gasteiger partial charge in [-0.05, 0) is 18.4 Å². The molecular weight excluding hydrogens is 277 g/mol. The van der Waals surface area contributed by atoms with Crippen LogP contribution in [0.1, 0.15) is 6.42 Å². The first-order chi connectivity index (χ1) is 8.16. The zero-order chi connectivity index (χ0) is 14.8. The second-order valence-electron chi connectivity index (χ2n) is 2.89. The van der Waals surface area contributed by atoms with Crippen molar-refractivity contribution in [2.75, 3.05) is 18.7 Å². The highest BCUT2D eigenvalue weighted by atomic mass is 32.2. The van der Waals surface area contributed by atoms with Gasteiger partial charge in [0.1, 0.15) is 6.73 Å². The van der Waals surface area contributed by atoms with Gasteiger partial charge in [-0.25, -0.2) is 4.79 Å². The number of carboxylic acids is 1. The molecule has 1 amide bonds. The van der Waals surface area contributed by atoms with Crippen molar-refractivity contribution >= 4 is 23.6 Å². The molecule has 108 valence electrons. The zero-order valence-corrected chi connectivity index (χ0v) is 10.3. The molecule has 0 aromatic carbocycles. The van der Waals surface area contributed by atoms with Gasteiger partial charge in [-0.1, -0.05) is 0 Å². The fraction of sp³-hybridized carbons (Fsp3) is 0.750. The van der Waals surface area contributed by atoms with E-state index in [0.29, 0.717) is 6.42 Å². The summed E-state index contributed by atoms with van der Waals surface area (Å²) < 4.78 is 31.7. The van der Waals surface area contributed by atoms with Crippen LogP contribution in [-0.4, -0.2) is 53.0 Å². The first kappa shape index (κ1) is 19.3. The largest absolute Gasteiger partial charge is 0.490 e. The minimum absolute atomic E-state index is 0.290. The van der Waals surface area contributed by atoms with E-state index >= 15 is 0 Å². The number of carbonyl (C=O) groups is 2. The summed E-state index contributed by atoms with van der Waals surface area (Å²) in [6.07, 6.45) is -2.48. The number of nitrogens with two attached hydrogens (primary N) is 1. The monoisotopic (exact) mass is 292 g/mol. The van der Waals surface area contributed by atoms with E-state index in [4.69, 9.17) is 20.7 Å². The Balaban J connectivity index is 0. The smallest absolute Gasteiger partial charge is 0.475 e. The Bertz CT molecular complexity index is 263. The van der Waals surface area contributed by atoms with E-state index in [2.05, 4.69) is 5.32 Å². The predicted octanol–water partition coefficient (Wildman–Crippen LogP) is -0.234. The maximum Gasteiger partial charge on any atom is 0.490 e. The lowest BCUT2D eigenvalue weighted by molar-refractivity contribution is -0.192. The van der Waals surface area contributed by atoms with Gasteiger partial charge in [0.2, 0.25) is 5.91 Å². The van der Waals surface area contributed by atoms with Crippen LogP contribution in [0.3, 0.4) is 0 Å². The van der Waals surface area contributed by atoms with E-state index in [-0.39, 0.29) is 12.6 Å². The molecule has 0 bridgehead atoms. The Morgan fingerprint density at radius 3 is 2.17 bits per heavy atom. The molecule has 0 radical (unpaired) electrons. The summed E-state index contributed by atoms with van der Waals surface area (Å²) in [4.78, 5) is 19.7. The first-order valence-corrected chi connectivity index (χ1v) is 5.99. The number of thioether (sulfide) groups is 1. The van der Waals surface area contributed by atoms with Gasteiger partial charge in [0.05, 0.1) is 6.04 Å². The third-order valence-electron chi connectivity index (χ3n) is 1.47. The fourth-order valence-electron chi connectivity index (χ4n) is 0.585. The second kappa shape index (κ2) is 9.97. The first-order valence-electron chi connectivity index (χ1n) is 4.60. The molecule has 0 saturated heterocycles. The third kappa shape index (κ3) is 11.5. The van der Waals surface area contributed by atoms with E-state index in [1.807, 2.05) is 6.26 Å². The fourth-order valence-corrected chi connectivity index (χ4v) is 1.07. The van der Waals surface area contributed by atoms with Gasteiger partial charge in [-0.15, -0.1) is 0 Å². The van der Waals surface area contributed by atoms with Crippen LogP contribution in [0, 0.1) is 0 Å². The summed E-state index contributed by atoms with van der Waals surface area (Å²) in [5, 5.41) is 17.7. The van der Waals surface area contributed by atoms with E-state index in [1.165, 1.54) is 0 Å². The number of halogens is 3. The van der Waals surface area contributed by atoms with Crippen LogP contribution in [0.15, 0.2) is 0 Å². The van der Waals surface area contributed by atoms with Gasteiger partial charge in [0.15, 0.2) is 0 Å². The van der Waals surface area contributed by atoms with E-state index < -0.39 is 18.2 Å². The lowest BCUT2D eigenvalue weighted by Gasteiger charge is -2.08. The van der Waals surface area contributed by atoms with Crippen molar-refractivity contribution in [2.24, 2.45) is 5.73 Å². The van der Waals surface area contributed by atoms with Crippen molar-refractivity contribution in [1.29, 1.82) is 0 Å². The highest BCUT2D eigenvalue weighted by molar-refractivity contribution is 7.98. The summed E-state index contributed by atoms with van der Waals surface area (Å²) >= 11 is 1.64. The van der Waals surface area contributed by atoms with Crippen molar-refractivity contribution in [3.63, 3.8) is 0 Å². The number of aliphatic carboxylic acids is 1. The van der Waals surface area contributed by atoms with Gasteiger partial charge in [0.25, 0.3) is 0 Å². The summed E-state index contributed by atoms with van der Waals surface area (Å²) in [5.74, 6) is -2.19. The number of aliphatic hydroxyl groups excluding tert-OH is 1. The van der Waals surface area contributed by atoms with Gasteiger partial charge in [0, 0.05) is 0 Å². The molecule has 0 saturated carbocycles. The Morgan fingerprint density at radius 2 is 1.89 bits per heavy atom. The summed E-state index contributed by atoms with van der Waals surface area (Å²) in [6.45, 7) is -0.341. The minimum Gasteiger partial charge on any atom is -0.475 e. The topological polar surface area (TPSA) is 113 Å². The summed E-state index contributed by atoms with van der Waals surface area (Å²) in [7, 11) is 0. The number of aliphatic hydroxyl groups is 1. The molecule has 0 fully saturated rings. The maximum atomic E-state index is 10.8. The molecule has 0 aromatic heterocycles. The van der Waals surface area contributed by atoms with Crippen LogP contribution in [-0.2, 0) is 9.59 Å².